The van der Waals surface area contributed by atoms with Gasteiger partial charge >= 0.3 is 5.97 Å². The van der Waals surface area contributed by atoms with Crippen LogP contribution in [-0.2, 0) is 20.9 Å². The average Bonchev–Trinajstić information content (AvgIpc) is 3.18. The van der Waals surface area contributed by atoms with Crippen LogP contribution in [0, 0.1) is 12.8 Å². The number of aromatic nitrogens is 2. The highest BCUT2D eigenvalue weighted by Crippen LogP contribution is 2.28. The normalized spacial score (nSPS) is 17.3. The number of hydrogen-bond acceptors (Lipinski definition) is 7. The van der Waals surface area contributed by atoms with Crippen molar-refractivity contribution in [1.29, 1.82) is 0 Å². The van der Waals surface area contributed by atoms with Crippen LogP contribution in [0.15, 0.2) is 33.6 Å². The number of carbonyl (C=O) groups is 2. The first kappa shape index (κ1) is 16.5. The number of rotatable bonds is 5. The van der Waals surface area contributed by atoms with E-state index < -0.39 is 11.9 Å². The molecule has 0 aliphatic carbocycles. The summed E-state index contributed by atoms with van der Waals surface area (Å²) in [5, 5.41) is 7.44. The molecule has 1 atom stereocenters. The van der Waals surface area contributed by atoms with E-state index in [1.54, 1.807) is 23.6 Å². The van der Waals surface area contributed by atoms with Crippen molar-refractivity contribution >= 4 is 29.3 Å². The second-order valence-electron chi connectivity index (χ2n) is 5.43. The lowest BCUT2D eigenvalue weighted by atomic mass is 10.1. The van der Waals surface area contributed by atoms with Crippen LogP contribution in [0.4, 0.5) is 5.69 Å². The Hall–Kier alpha value is -2.35. The van der Waals surface area contributed by atoms with Crippen LogP contribution in [0.25, 0.3) is 0 Å². The first-order valence-corrected chi connectivity index (χ1v) is 8.69. The third-order valence-electron chi connectivity index (χ3n) is 3.73. The minimum atomic E-state index is -0.487. The van der Waals surface area contributed by atoms with E-state index >= 15 is 0 Å². The molecule has 24 heavy (non-hydrogen) atoms. The summed E-state index contributed by atoms with van der Waals surface area (Å²) in [5.74, 6) is -0.335. The van der Waals surface area contributed by atoms with Crippen LogP contribution in [0.5, 0.6) is 0 Å². The molecule has 1 aliphatic rings. The number of anilines is 1. The third kappa shape index (κ3) is 3.59. The Balaban J connectivity index is 1.62. The molecule has 1 aromatic heterocycles. The summed E-state index contributed by atoms with van der Waals surface area (Å²) in [4.78, 5) is 27.1. The Morgan fingerprint density at radius 3 is 3.00 bits per heavy atom. The molecule has 1 fully saturated rings. The van der Waals surface area contributed by atoms with Gasteiger partial charge in [0.05, 0.1) is 5.92 Å². The summed E-state index contributed by atoms with van der Waals surface area (Å²) in [7, 11) is 0. The lowest BCUT2D eigenvalue weighted by molar-refractivity contribution is -0.150. The van der Waals surface area contributed by atoms with Crippen LogP contribution in [-0.4, -0.2) is 34.9 Å². The van der Waals surface area contributed by atoms with Crippen LogP contribution in [0.2, 0.25) is 0 Å². The van der Waals surface area contributed by atoms with E-state index in [1.165, 1.54) is 0 Å². The molecule has 2 aromatic rings. The smallest absolute Gasteiger partial charge is 0.311 e. The summed E-state index contributed by atoms with van der Waals surface area (Å²) in [6, 6.07) is 7.69. The molecule has 8 heteroatoms. The molecule has 7 nitrogen and oxygen atoms in total. The highest BCUT2D eigenvalue weighted by Gasteiger charge is 2.36. The molecule has 0 radical (unpaired) electrons. The van der Waals surface area contributed by atoms with Crippen molar-refractivity contribution in [2.75, 3.05) is 17.7 Å². The fourth-order valence-corrected chi connectivity index (χ4v) is 2.99. The summed E-state index contributed by atoms with van der Waals surface area (Å²) < 4.78 is 10.3. The Kier molecular flexibility index (Phi) is 4.84. The maximum atomic E-state index is 12.2. The lowest BCUT2D eigenvalue weighted by Crippen LogP contribution is -2.26. The number of esters is 1. The predicted octanol–water partition coefficient (Wildman–Crippen LogP) is 2.20. The number of hydrogen-bond donors (Lipinski definition) is 0. The highest BCUT2D eigenvalue weighted by molar-refractivity contribution is 7.98. The van der Waals surface area contributed by atoms with Crippen LogP contribution >= 0.6 is 11.8 Å². The zero-order valence-electron chi connectivity index (χ0n) is 13.4. The van der Waals surface area contributed by atoms with Crippen LogP contribution in [0.1, 0.15) is 18.2 Å². The maximum absolute atomic E-state index is 12.2. The van der Waals surface area contributed by atoms with Gasteiger partial charge in [0, 0.05) is 30.5 Å². The lowest BCUT2D eigenvalue weighted by Gasteiger charge is -2.17. The molecular weight excluding hydrogens is 330 g/mol. The molecule has 1 saturated heterocycles. The molecule has 2 heterocycles. The van der Waals surface area contributed by atoms with Crippen molar-refractivity contribution < 1.29 is 18.7 Å². The van der Waals surface area contributed by atoms with E-state index in [0.29, 0.717) is 12.4 Å². The van der Waals surface area contributed by atoms with Crippen molar-refractivity contribution in [1.82, 2.24) is 10.2 Å². The van der Waals surface area contributed by atoms with Gasteiger partial charge in [-0.1, -0.05) is 6.07 Å². The molecule has 3 rings (SSSR count). The Morgan fingerprint density at radius 2 is 2.29 bits per heavy atom. The van der Waals surface area contributed by atoms with Crippen LogP contribution < -0.4 is 4.90 Å². The second kappa shape index (κ2) is 7.04. The fraction of sp³-hybridized carbons (Fsp3) is 0.375. The minimum absolute atomic E-state index is 0.0771. The molecule has 1 amide bonds. The van der Waals surface area contributed by atoms with Crippen molar-refractivity contribution in [2.24, 2.45) is 5.92 Å². The molecule has 0 saturated carbocycles. The van der Waals surface area contributed by atoms with Crippen LogP contribution in [0.3, 0.4) is 0 Å². The molecule has 1 aromatic carbocycles. The first-order chi connectivity index (χ1) is 11.6. The van der Waals surface area contributed by atoms with Gasteiger partial charge in [-0.3, -0.25) is 9.59 Å². The van der Waals surface area contributed by atoms with Gasteiger partial charge in [0.15, 0.2) is 6.61 Å². The van der Waals surface area contributed by atoms with Gasteiger partial charge in [-0.2, -0.15) is 0 Å². The largest absolute Gasteiger partial charge is 0.455 e. The number of amides is 1. The third-order valence-corrected chi connectivity index (χ3v) is 4.45. The topological polar surface area (TPSA) is 85.5 Å². The number of benzene rings is 1. The molecule has 1 aliphatic heterocycles. The summed E-state index contributed by atoms with van der Waals surface area (Å²) in [5.41, 5.74) is 0.801. The molecule has 1 unspecified atom stereocenters. The van der Waals surface area contributed by atoms with E-state index in [-0.39, 0.29) is 24.8 Å². The van der Waals surface area contributed by atoms with Gasteiger partial charge in [0.2, 0.25) is 11.8 Å². The molecule has 0 N–H and O–H groups in total. The van der Waals surface area contributed by atoms with E-state index in [0.717, 1.165) is 10.6 Å². The van der Waals surface area contributed by atoms with Gasteiger partial charge in [0.25, 0.3) is 5.89 Å². The van der Waals surface area contributed by atoms with Gasteiger partial charge in [-0.25, -0.2) is 0 Å². The van der Waals surface area contributed by atoms with Crippen molar-refractivity contribution in [3.63, 3.8) is 0 Å². The quantitative estimate of drug-likeness (QED) is 0.605. The number of carbonyl (C=O) groups excluding carboxylic acids is 2. The van der Waals surface area contributed by atoms with Gasteiger partial charge in [-0.15, -0.1) is 22.0 Å². The summed E-state index contributed by atoms with van der Waals surface area (Å²) in [6.07, 6.45) is 2.12. The first-order valence-electron chi connectivity index (χ1n) is 7.47. The Bertz CT molecular complexity index is 761. The molecule has 126 valence electrons. The standard InChI is InChI=1S/C16H17N3O4S/c1-10-17-18-14(23-10)9-22-16(21)11-6-15(20)19(8-11)12-4-3-5-13(7-12)24-2/h3-5,7,11H,6,8-9H2,1-2H3. The van der Waals surface area contributed by atoms with Gasteiger partial charge in [-0.05, 0) is 24.5 Å². The monoisotopic (exact) mass is 347 g/mol. The highest BCUT2D eigenvalue weighted by atomic mass is 32.2. The van der Waals surface area contributed by atoms with E-state index in [9.17, 15) is 9.59 Å². The number of aryl methyl sites for hydroxylation is 1. The summed E-state index contributed by atoms with van der Waals surface area (Å²) >= 11 is 1.60. The zero-order chi connectivity index (χ0) is 17.1. The average molecular weight is 347 g/mol. The van der Waals surface area contributed by atoms with Crippen molar-refractivity contribution in [3.05, 3.63) is 36.0 Å². The van der Waals surface area contributed by atoms with Gasteiger partial charge in [0.1, 0.15) is 0 Å². The van der Waals surface area contributed by atoms with Crippen molar-refractivity contribution in [3.8, 4) is 0 Å². The Labute approximate surface area is 143 Å². The number of nitrogens with zero attached hydrogens (tertiary/aromatic N) is 3. The predicted molar refractivity (Wildman–Crippen MR) is 87.5 cm³/mol. The molecule has 0 bridgehead atoms. The SMILES string of the molecule is CSc1cccc(N2CC(C(=O)OCc3nnc(C)o3)CC2=O)c1. The van der Waals surface area contributed by atoms with E-state index in [4.69, 9.17) is 9.15 Å². The van der Waals surface area contributed by atoms with Crippen molar-refractivity contribution in [2.45, 2.75) is 24.8 Å². The maximum Gasteiger partial charge on any atom is 0.311 e. The zero-order valence-corrected chi connectivity index (χ0v) is 14.2. The second-order valence-corrected chi connectivity index (χ2v) is 6.31. The number of thioether (sulfide) groups is 1. The Morgan fingerprint density at radius 1 is 1.46 bits per heavy atom. The van der Waals surface area contributed by atoms with E-state index in [1.807, 2.05) is 30.5 Å². The fourth-order valence-electron chi connectivity index (χ4n) is 2.54. The summed E-state index contributed by atoms with van der Waals surface area (Å²) in [6.45, 7) is 1.90. The molecule has 0 spiro atoms. The molecular formula is C16H17N3O4S. The minimum Gasteiger partial charge on any atom is -0.455 e. The van der Waals surface area contributed by atoms with E-state index in [2.05, 4.69) is 10.2 Å². The van der Waals surface area contributed by atoms with Gasteiger partial charge < -0.3 is 14.1 Å². The number of ether oxygens (including phenoxy) is 1.